The monoisotopic (exact) mass is 471 g/mol. The van der Waals surface area contributed by atoms with Gasteiger partial charge in [-0.3, -0.25) is 4.90 Å². The third-order valence-corrected chi connectivity index (χ3v) is 7.25. The summed E-state index contributed by atoms with van der Waals surface area (Å²) in [4.78, 5) is 15.1. The minimum Gasteiger partial charge on any atom is -0.496 e. The number of carbonyl (C=O) groups excluding carboxylic acids is 1. The molecule has 2 bridgehead atoms. The third kappa shape index (κ3) is 3.78. The number of benzene rings is 3. The van der Waals surface area contributed by atoms with E-state index in [2.05, 4.69) is 24.3 Å². The summed E-state index contributed by atoms with van der Waals surface area (Å²) in [6, 6.07) is 20.6. The lowest BCUT2D eigenvalue weighted by Gasteiger charge is -2.44. The zero-order valence-corrected chi connectivity index (χ0v) is 19.4. The third-order valence-electron chi connectivity index (χ3n) is 7.25. The molecule has 0 N–H and O–H groups in total. The molecule has 35 heavy (non-hydrogen) atoms. The van der Waals surface area contributed by atoms with Gasteiger partial charge in [0.15, 0.2) is 0 Å². The second kappa shape index (κ2) is 8.86. The minimum absolute atomic E-state index is 0.00916. The van der Waals surface area contributed by atoms with Crippen LogP contribution in [0.25, 0.3) is 16.7 Å². The fraction of sp³-hybridized carbons (Fsp3) is 0.276. The Labute approximate surface area is 203 Å². The molecule has 1 aliphatic carbocycles. The van der Waals surface area contributed by atoms with Crippen molar-refractivity contribution >= 4 is 11.7 Å². The number of carbonyl (C=O) groups is 1. The average molecular weight is 472 g/mol. The number of nitrogens with zero attached hydrogens (tertiary/aromatic N) is 1. The van der Waals surface area contributed by atoms with Crippen LogP contribution in [0.15, 0.2) is 72.8 Å². The highest BCUT2D eigenvalue weighted by molar-refractivity contribution is 5.80. The van der Waals surface area contributed by atoms with E-state index in [1.54, 1.807) is 18.1 Å². The van der Waals surface area contributed by atoms with Crippen molar-refractivity contribution in [1.29, 1.82) is 0 Å². The van der Waals surface area contributed by atoms with Gasteiger partial charge in [-0.15, -0.1) is 0 Å². The van der Waals surface area contributed by atoms with Gasteiger partial charge in [0, 0.05) is 11.5 Å². The minimum atomic E-state index is -0.341. The van der Waals surface area contributed by atoms with Crippen LogP contribution in [0.4, 0.5) is 9.18 Å². The summed E-state index contributed by atoms with van der Waals surface area (Å²) in [6.45, 7) is 1.06. The predicted molar refractivity (Wildman–Crippen MR) is 131 cm³/mol. The molecule has 6 heteroatoms. The molecule has 1 fully saturated rings. The van der Waals surface area contributed by atoms with Crippen molar-refractivity contribution in [1.82, 2.24) is 4.90 Å². The maximum Gasteiger partial charge on any atom is 0.410 e. The molecule has 2 heterocycles. The molecule has 0 radical (unpaired) electrons. The van der Waals surface area contributed by atoms with Crippen molar-refractivity contribution in [2.45, 2.75) is 24.4 Å². The first-order chi connectivity index (χ1) is 17.1. The van der Waals surface area contributed by atoms with Crippen LogP contribution in [0.5, 0.6) is 5.75 Å². The van der Waals surface area contributed by atoms with Gasteiger partial charge in [0.05, 0.1) is 32.4 Å². The zero-order chi connectivity index (χ0) is 23.9. The fourth-order valence-electron chi connectivity index (χ4n) is 5.68. The van der Waals surface area contributed by atoms with E-state index in [4.69, 9.17) is 14.2 Å². The number of morpholine rings is 1. The molecule has 0 aromatic heterocycles. The molecule has 178 valence electrons. The number of fused-ring (bicyclic) bond motifs is 5. The van der Waals surface area contributed by atoms with Crippen LogP contribution < -0.4 is 4.74 Å². The molecule has 3 aliphatic rings. The lowest BCUT2D eigenvalue weighted by molar-refractivity contribution is -0.0331. The number of hydrogen-bond acceptors (Lipinski definition) is 4. The van der Waals surface area contributed by atoms with Crippen LogP contribution in [-0.2, 0) is 9.47 Å². The molecular weight excluding hydrogens is 445 g/mol. The van der Waals surface area contributed by atoms with Crippen LogP contribution in [0, 0.1) is 5.82 Å². The van der Waals surface area contributed by atoms with Crippen molar-refractivity contribution in [2.24, 2.45) is 0 Å². The Morgan fingerprint density at radius 1 is 1.00 bits per heavy atom. The van der Waals surface area contributed by atoms with Gasteiger partial charge in [0.2, 0.25) is 0 Å². The van der Waals surface area contributed by atoms with E-state index in [-0.39, 0.29) is 36.5 Å². The standard InChI is InChI=1S/C29H26FNO4/c1-33-28-11-10-19(30)14-26(28)18-12-20-15-34-16-21(13-18)31(20)29(32)35-17-27-24-8-4-2-6-22(24)23-7-3-5-9-25(23)27/h2-12,14,20-21,27H,13,15-17H2,1H3. The lowest BCUT2D eigenvalue weighted by Crippen LogP contribution is -2.56. The second-order valence-electron chi connectivity index (χ2n) is 9.21. The summed E-state index contributed by atoms with van der Waals surface area (Å²) in [5.41, 5.74) is 6.44. The Morgan fingerprint density at radius 2 is 1.71 bits per heavy atom. The molecule has 2 atom stereocenters. The van der Waals surface area contributed by atoms with E-state index in [1.807, 2.05) is 30.3 Å². The molecule has 1 amide bonds. The number of hydrogen-bond donors (Lipinski definition) is 0. The number of methoxy groups -OCH3 is 1. The molecule has 3 aromatic carbocycles. The number of amides is 1. The predicted octanol–water partition coefficient (Wildman–Crippen LogP) is 5.64. The van der Waals surface area contributed by atoms with Gasteiger partial charge in [-0.25, -0.2) is 9.18 Å². The Bertz CT molecular complexity index is 1270. The van der Waals surface area contributed by atoms with Crippen molar-refractivity contribution < 1.29 is 23.4 Å². The highest BCUT2D eigenvalue weighted by Crippen LogP contribution is 2.45. The Kier molecular flexibility index (Phi) is 5.53. The number of rotatable bonds is 4. The highest BCUT2D eigenvalue weighted by atomic mass is 19.1. The van der Waals surface area contributed by atoms with E-state index in [9.17, 15) is 9.18 Å². The van der Waals surface area contributed by atoms with Crippen molar-refractivity contribution in [3.63, 3.8) is 0 Å². The maximum absolute atomic E-state index is 14.0. The van der Waals surface area contributed by atoms with Crippen LogP contribution in [-0.4, -0.2) is 50.0 Å². The molecular formula is C29H26FNO4. The number of halogens is 1. The summed E-state index contributed by atoms with van der Waals surface area (Å²) < 4.78 is 31.2. The highest BCUT2D eigenvalue weighted by Gasteiger charge is 2.40. The van der Waals surface area contributed by atoms with Crippen LogP contribution >= 0.6 is 0 Å². The summed E-state index contributed by atoms with van der Waals surface area (Å²) in [6.07, 6.45) is 2.18. The summed E-state index contributed by atoms with van der Waals surface area (Å²) in [5.74, 6) is 0.309. The average Bonchev–Trinajstić information content (AvgIpc) is 3.20. The van der Waals surface area contributed by atoms with Gasteiger partial charge >= 0.3 is 6.09 Å². The molecule has 3 aromatic rings. The summed E-state index contributed by atoms with van der Waals surface area (Å²) >= 11 is 0. The van der Waals surface area contributed by atoms with Crippen molar-refractivity contribution in [2.75, 3.05) is 26.9 Å². The lowest BCUT2D eigenvalue weighted by atomic mass is 9.89. The van der Waals surface area contributed by atoms with Crippen LogP contribution in [0.1, 0.15) is 29.0 Å². The molecule has 0 saturated carbocycles. The van der Waals surface area contributed by atoms with Gasteiger partial charge in [-0.05, 0) is 52.4 Å². The first-order valence-corrected chi connectivity index (χ1v) is 11.9. The molecule has 6 rings (SSSR count). The largest absolute Gasteiger partial charge is 0.496 e. The fourth-order valence-corrected chi connectivity index (χ4v) is 5.68. The van der Waals surface area contributed by atoms with E-state index in [1.165, 1.54) is 34.4 Å². The topological polar surface area (TPSA) is 48.0 Å². The first-order valence-electron chi connectivity index (χ1n) is 11.9. The molecule has 5 nitrogen and oxygen atoms in total. The summed E-state index contributed by atoms with van der Waals surface area (Å²) in [7, 11) is 1.58. The van der Waals surface area contributed by atoms with E-state index in [0.717, 1.165) is 11.1 Å². The van der Waals surface area contributed by atoms with Crippen LogP contribution in [0.2, 0.25) is 0 Å². The van der Waals surface area contributed by atoms with E-state index >= 15 is 0 Å². The SMILES string of the molecule is COc1ccc(F)cc1C1=CC2COCC(C1)N2C(=O)OCC1c2ccccc2-c2ccccc21. The van der Waals surface area contributed by atoms with E-state index in [0.29, 0.717) is 25.4 Å². The number of ether oxygens (including phenoxy) is 3. The maximum atomic E-state index is 14.0. The van der Waals surface area contributed by atoms with Crippen LogP contribution in [0.3, 0.4) is 0 Å². The van der Waals surface area contributed by atoms with Gasteiger partial charge in [-0.1, -0.05) is 54.6 Å². The van der Waals surface area contributed by atoms with Gasteiger partial charge in [0.1, 0.15) is 18.2 Å². The van der Waals surface area contributed by atoms with E-state index < -0.39 is 0 Å². The van der Waals surface area contributed by atoms with Gasteiger partial charge in [-0.2, -0.15) is 0 Å². The Hall–Kier alpha value is -3.64. The smallest absolute Gasteiger partial charge is 0.410 e. The quantitative estimate of drug-likeness (QED) is 0.494. The van der Waals surface area contributed by atoms with Gasteiger partial charge in [0.25, 0.3) is 0 Å². The molecule has 2 unspecified atom stereocenters. The normalized spacial score (nSPS) is 20.6. The zero-order valence-electron chi connectivity index (χ0n) is 19.4. The summed E-state index contributed by atoms with van der Waals surface area (Å²) in [5, 5.41) is 0. The first kappa shape index (κ1) is 21.9. The van der Waals surface area contributed by atoms with Crippen molar-refractivity contribution in [3.8, 4) is 16.9 Å². The Balaban J connectivity index is 1.23. The second-order valence-corrected chi connectivity index (χ2v) is 9.21. The van der Waals surface area contributed by atoms with Gasteiger partial charge < -0.3 is 14.2 Å². The molecule has 2 aliphatic heterocycles. The Morgan fingerprint density at radius 3 is 2.40 bits per heavy atom. The molecule has 1 saturated heterocycles. The molecule has 0 spiro atoms. The van der Waals surface area contributed by atoms with Crippen molar-refractivity contribution in [3.05, 3.63) is 95.3 Å².